The van der Waals surface area contributed by atoms with Crippen LogP contribution in [0.4, 0.5) is 0 Å². The first-order valence-electron chi connectivity index (χ1n) is 8.16. The molecule has 0 spiro atoms. The summed E-state index contributed by atoms with van der Waals surface area (Å²) in [7, 11) is 0. The van der Waals surface area contributed by atoms with Crippen molar-refractivity contribution >= 4 is 11.6 Å². The molecule has 3 rings (SSSR count). The Morgan fingerprint density at radius 1 is 1.32 bits per heavy atom. The number of hydrogen-bond donors (Lipinski definition) is 1. The highest BCUT2D eigenvalue weighted by Crippen LogP contribution is 2.25. The quantitative estimate of drug-likeness (QED) is 0.902. The molecular weight excluding hydrogens is 300 g/mol. The summed E-state index contributed by atoms with van der Waals surface area (Å²) in [6.45, 7) is 7.47. The smallest absolute Gasteiger partial charge is 0.0700 e. The van der Waals surface area contributed by atoms with Gasteiger partial charge in [-0.05, 0) is 31.0 Å². The molecule has 1 aromatic rings. The third-order valence-corrected chi connectivity index (χ3v) is 4.90. The number of nitrogens with zero attached hydrogens (tertiary/aromatic N) is 1. The molecule has 2 aliphatic rings. The second-order valence-electron chi connectivity index (χ2n) is 6.10. The van der Waals surface area contributed by atoms with E-state index in [1.54, 1.807) is 0 Å². The number of halogens is 1. The van der Waals surface area contributed by atoms with Crippen LogP contribution < -0.4 is 5.32 Å². The molecular formula is C17H25ClN2O2. The van der Waals surface area contributed by atoms with E-state index in [0.717, 1.165) is 50.9 Å². The van der Waals surface area contributed by atoms with E-state index in [1.165, 1.54) is 5.56 Å². The predicted molar refractivity (Wildman–Crippen MR) is 88.4 cm³/mol. The van der Waals surface area contributed by atoms with Crippen molar-refractivity contribution in [2.75, 3.05) is 39.5 Å². The minimum absolute atomic E-state index is 0.296. The lowest BCUT2D eigenvalue weighted by atomic mass is 10.0. The van der Waals surface area contributed by atoms with Gasteiger partial charge in [-0.15, -0.1) is 0 Å². The van der Waals surface area contributed by atoms with Gasteiger partial charge in [0.05, 0.1) is 19.3 Å². The summed E-state index contributed by atoms with van der Waals surface area (Å²) in [6, 6.07) is 8.99. The Morgan fingerprint density at radius 3 is 2.82 bits per heavy atom. The van der Waals surface area contributed by atoms with Crippen molar-refractivity contribution in [2.24, 2.45) is 0 Å². The summed E-state index contributed by atoms with van der Waals surface area (Å²) in [5, 5.41) is 4.50. The standard InChI is InChI=1S/C17H25ClN2O2/c1-13-16(5-8-22-13)19-12-17(20-6-9-21-10-7-20)14-3-2-4-15(18)11-14/h2-4,11,13,16-17,19H,5-10,12H2,1H3/t13-,16-,17+/m0/s1. The molecule has 2 aliphatic heterocycles. The van der Waals surface area contributed by atoms with E-state index in [9.17, 15) is 0 Å². The summed E-state index contributed by atoms with van der Waals surface area (Å²) in [6.07, 6.45) is 1.39. The van der Waals surface area contributed by atoms with E-state index >= 15 is 0 Å². The van der Waals surface area contributed by atoms with Crippen LogP contribution in [0.2, 0.25) is 5.02 Å². The molecule has 22 heavy (non-hydrogen) atoms. The molecule has 0 amide bonds. The molecule has 1 N–H and O–H groups in total. The van der Waals surface area contributed by atoms with Crippen LogP contribution in [-0.2, 0) is 9.47 Å². The molecule has 4 nitrogen and oxygen atoms in total. The van der Waals surface area contributed by atoms with Gasteiger partial charge >= 0.3 is 0 Å². The Bertz CT molecular complexity index is 479. The Labute approximate surface area is 137 Å². The van der Waals surface area contributed by atoms with Crippen molar-refractivity contribution in [1.82, 2.24) is 10.2 Å². The third-order valence-electron chi connectivity index (χ3n) is 4.67. The van der Waals surface area contributed by atoms with Crippen LogP contribution >= 0.6 is 11.6 Å². The Kier molecular flexibility index (Phi) is 5.71. The third kappa shape index (κ3) is 4.00. The van der Waals surface area contributed by atoms with Gasteiger partial charge in [-0.1, -0.05) is 23.7 Å². The zero-order valence-electron chi connectivity index (χ0n) is 13.1. The second-order valence-corrected chi connectivity index (χ2v) is 6.53. The van der Waals surface area contributed by atoms with Gasteiger partial charge in [0, 0.05) is 43.3 Å². The van der Waals surface area contributed by atoms with Gasteiger partial charge in [0.2, 0.25) is 0 Å². The largest absolute Gasteiger partial charge is 0.379 e. The van der Waals surface area contributed by atoms with E-state index in [-0.39, 0.29) is 0 Å². The fourth-order valence-corrected chi connectivity index (χ4v) is 3.52. The maximum atomic E-state index is 6.19. The summed E-state index contributed by atoms with van der Waals surface area (Å²) in [4.78, 5) is 2.49. The summed E-state index contributed by atoms with van der Waals surface area (Å²) >= 11 is 6.19. The normalized spacial score (nSPS) is 27.9. The first kappa shape index (κ1) is 16.2. The van der Waals surface area contributed by atoms with Crippen molar-refractivity contribution in [3.63, 3.8) is 0 Å². The van der Waals surface area contributed by atoms with E-state index in [1.807, 2.05) is 12.1 Å². The average molecular weight is 325 g/mol. The first-order valence-corrected chi connectivity index (χ1v) is 8.54. The van der Waals surface area contributed by atoms with E-state index in [4.69, 9.17) is 21.1 Å². The monoisotopic (exact) mass is 324 g/mol. The molecule has 0 unspecified atom stereocenters. The number of ether oxygens (including phenoxy) is 2. The van der Waals surface area contributed by atoms with Crippen LogP contribution in [0.15, 0.2) is 24.3 Å². The van der Waals surface area contributed by atoms with Gasteiger partial charge in [-0.3, -0.25) is 4.90 Å². The van der Waals surface area contributed by atoms with Gasteiger partial charge in [0.25, 0.3) is 0 Å². The van der Waals surface area contributed by atoms with Crippen LogP contribution in [0, 0.1) is 0 Å². The molecule has 2 heterocycles. The van der Waals surface area contributed by atoms with E-state index in [0.29, 0.717) is 18.2 Å². The summed E-state index contributed by atoms with van der Waals surface area (Å²) in [5.74, 6) is 0. The number of nitrogens with one attached hydrogen (secondary N) is 1. The lowest BCUT2D eigenvalue weighted by molar-refractivity contribution is 0.0149. The maximum Gasteiger partial charge on any atom is 0.0700 e. The second kappa shape index (κ2) is 7.75. The number of hydrogen-bond acceptors (Lipinski definition) is 4. The maximum absolute atomic E-state index is 6.19. The van der Waals surface area contributed by atoms with Gasteiger partial charge in [-0.2, -0.15) is 0 Å². The molecule has 1 aromatic carbocycles. The van der Waals surface area contributed by atoms with Crippen molar-refractivity contribution in [3.8, 4) is 0 Å². The van der Waals surface area contributed by atoms with Crippen LogP contribution in [0.5, 0.6) is 0 Å². The van der Waals surface area contributed by atoms with Crippen molar-refractivity contribution in [2.45, 2.75) is 31.5 Å². The molecule has 0 aromatic heterocycles. The molecule has 5 heteroatoms. The number of rotatable bonds is 5. The predicted octanol–water partition coefficient (Wildman–Crippen LogP) is 2.48. The van der Waals surface area contributed by atoms with E-state index < -0.39 is 0 Å². The molecule has 2 fully saturated rings. The molecule has 0 aliphatic carbocycles. The highest BCUT2D eigenvalue weighted by atomic mass is 35.5. The fraction of sp³-hybridized carbons (Fsp3) is 0.647. The summed E-state index contributed by atoms with van der Waals surface area (Å²) in [5.41, 5.74) is 1.27. The molecule has 2 saturated heterocycles. The molecule has 122 valence electrons. The van der Waals surface area contributed by atoms with Crippen molar-refractivity contribution in [3.05, 3.63) is 34.9 Å². The highest BCUT2D eigenvalue weighted by Gasteiger charge is 2.27. The minimum atomic E-state index is 0.296. The Balaban J connectivity index is 1.70. The average Bonchev–Trinajstić information content (AvgIpc) is 2.94. The molecule has 0 saturated carbocycles. The Morgan fingerprint density at radius 2 is 2.14 bits per heavy atom. The number of benzene rings is 1. The molecule has 3 atom stereocenters. The topological polar surface area (TPSA) is 33.7 Å². The zero-order chi connectivity index (χ0) is 15.4. The van der Waals surface area contributed by atoms with Gasteiger partial charge < -0.3 is 14.8 Å². The molecule has 0 radical (unpaired) electrons. The van der Waals surface area contributed by atoms with Crippen LogP contribution in [-0.4, -0.2) is 56.5 Å². The Hall–Kier alpha value is -0.650. The van der Waals surface area contributed by atoms with E-state index in [2.05, 4.69) is 29.3 Å². The van der Waals surface area contributed by atoms with Gasteiger partial charge in [0.15, 0.2) is 0 Å². The zero-order valence-corrected chi connectivity index (χ0v) is 13.9. The van der Waals surface area contributed by atoms with Crippen LogP contribution in [0.1, 0.15) is 24.9 Å². The van der Waals surface area contributed by atoms with Gasteiger partial charge in [0.1, 0.15) is 0 Å². The SMILES string of the molecule is C[C@@H]1OCC[C@@H]1NC[C@H](c1cccc(Cl)c1)N1CCOCC1. The lowest BCUT2D eigenvalue weighted by Gasteiger charge is -2.36. The van der Waals surface area contributed by atoms with Crippen LogP contribution in [0.3, 0.4) is 0 Å². The first-order chi connectivity index (χ1) is 10.7. The molecule has 0 bridgehead atoms. The van der Waals surface area contributed by atoms with Crippen molar-refractivity contribution in [1.29, 1.82) is 0 Å². The van der Waals surface area contributed by atoms with Crippen molar-refractivity contribution < 1.29 is 9.47 Å². The summed E-state index contributed by atoms with van der Waals surface area (Å²) < 4.78 is 11.1. The number of morpholine rings is 1. The highest BCUT2D eigenvalue weighted by molar-refractivity contribution is 6.30. The van der Waals surface area contributed by atoms with Crippen LogP contribution in [0.25, 0.3) is 0 Å². The minimum Gasteiger partial charge on any atom is -0.379 e. The van der Waals surface area contributed by atoms with Gasteiger partial charge in [-0.25, -0.2) is 0 Å². The fourth-order valence-electron chi connectivity index (χ4n) is 3.32. The lowest BCUT2D eigenvalue weighted by Crippen LogP contribution is -2.45.